The average molecular weight is 251 g/mol. The molecular weight excluding hydrogens is 224 g/mol. The Morgan fingerprint density at radius 2 is 1.81 bits per heavy atom. The number of carbonyl (C=O) groups excluding carboxylic acids is 1. The number of halogens is 1. The highest BCUT2D eigenvalue weighted by Gasteiger charge is 2.18. The molecule has 0 rings (SSSR count). The highest BCUT2D eigenvalue weighted by atomic mass is 35.5. The van der Waals surface area contributed by atoms with Crippen molar-refractivity contribution in [3.8, 4) is 0 Å². The molecule has 0 radical (unpaired) electrons. The minimum absolute atomic E-state index is 0. The van der Waals surface area contributed by atoms with Gasteiger partial charge in [-0.15, -0.1) is 12.4 Å². The second-order valence-corrected chi connectivity index (χ2v) is 5.87. The van der Waals surface area contributed by atoms with Crippen molar-refractivity contribution >= 4 is 18.3 Å². The molecule has 0 spiro atoms. The molecule has 3 nitrogen and oxygen atoms in total. The lowest BCUT2D eigenvalue weighted by molar-refractivity contribution is -0.123. The third kappa shape index (κ3) is 10.2. The summed E-state index contributed by atoms with van der Waals surface area (Å²) in [4.78, 5) is 11.6. The van der Waals surface area contributed by atoms with Crippen molar-refractivity contribution in [2.45, 2.75) is 53.5 Å². The summed E-state index contributed by atoms with van der Waals surface area (Å²) in [5, 5.41) is 2.99. The summed E-state index contributed by atoms with van der Waals surface area (Å²) in [5.74, 6) is 0.673. The molecule has 0 heterocycles. The van der Waals surface area contributed by atoms with Crippen LogP contribution < -0.4 is 11.1 Å². The number of nitrogens with one attached hydrogen (secondary N) is 1. The first-order valence-electron chi connectivity index (χ1n) is 5.74. The van der Waals surface area contributed by atoms with Crippen LogP contribution in [-0.2, 0) is 4.79 Å². The number of carbonyl (C=O) groups is 1. The van der Waals surface area contributed by atoms with Gasteiger partial charge >= 0.3 is 0 Å². The molecule has 1 amide bonds. The molecule has 0 aromatic heterocycles. The van der Waals surface area contributed by atoms with Gasteiger partial charge in [-0.05, 0) is 17.8 Å². The zero-order valence-electron chi connectivity index (χ0n) is 11.2. The number of rotatable bonds is 5. The second kappa shape index (κ2) is 7.91. The molecule has 1 unspecified atom stereocenters. The third-order valence-electron chi connectivity index (χ3n) is 2.10. The Bertz CT molecular complexity index is 200. The van der Waals surface area contributed by atoms with Gasteiger partial charge < -0.3 is 11.1 Å². The largest absolute Gasteiger partial charge is 0.352 e. The minimum Gasteiger partial charge on any atom is -0.352 e. The molecule has 0 aliphatic rings. The van der Waals surface area contributed by atoms with Gasteiger partial charge in [-0.1, -0.05) is 34.6 Å². The van der Waals surface area contributed by atoms with Crippen LogP contribution in [0.5, 0.6) is 0 Å². The summed E-state index contributed by atoms with van der Waals surface area (Å²) < 4.78 is 0. The van der Waals surface area contributed by atoms with E-state index in [0.717, 1.165) is 6.42 Å². The number of hydrogen-bond acceptors (Lipinski definition) is 2. The summed E-state index contributed by atoms with van der Waals surface area (Å²) in [6, 6.07) is 0.125. The van der Waals surface area contributed by atoms with Crippen LogP contribution >= 0.6 is 12.4 Å². The number of nitrogens with two attached hydrogens (primary N) is 1. The minimum atomic E-state index is 0. The van der Waals surface area contributed by atoms with Gasteiger partial charge in [0.15, 0.2) is 0 Å². The van der Waals surface area contributed by atoms with Crippen molar-refractivity contribution in [2.75, 3.05) is 6.54 Å². The maximum atomic E-state index is 11.6. The van der Waals surface area contributed by atoms with Crippen LogP contribution in [0, 0.1) is 11.3 Å². The molecule has 0 bridgehead atoms. The van der Waals surface area contributed by atoms with Gasteiger partial charge in [0.1, 0.15) is 0 Å². The fourth-order valence-corrected chi connectivity index (χ4v) is 1.54. The van der Waals surface area contributed by atoms with E-state index < -0.39 is 0 Å². The Balaban J connectivity index is 0. The summed E-state index contributed by atoms with van der Waals surface area (Å²) in [6.45, 7) is 11.0. The fraction of sp³-hybridized carbons (Fsp3) is 0.917. The van der Waals surface area contributed by atoms with Crippen LogP contribution in [0.25, 0.3) is 0 Å². The lowest BCUT2D eigenvalue weighted by Crippen LogP contribution is -2.42. The van der Waals surface area contributed by atoms with Crippen molar-refractivity contribution < 1.29 is 4.79 Å². The van der Waals surface area contributed by atoms with Gasteiger partial charge in [-0.25, -0.2) is 0 Å². The molecule has 1 atom stereocenters. The summed E-state index contributed by atoms with van der Waals surface area (Å²) in [6.07, 6.45) is 1.51. The molecule has 0 aromatic carbocycles. The summed E-state index contributed by atoms with van der Waals surface area (Å²) in [5.41, 5.74) is 5.66. The Morgan fingerprint density at radius 1 is 1.31 bits per heavy atom. The topological polar surface area (TPSA) is 55.1 Å². The zero-order valence-corrected chi connectivity index (χ0v) is 12.0. The molecule has 0 aromatic rings. The first kappa shape index (κ1) is 18.1. The van der Waals surface area contributed by atoms with E-state index in [1.54, 1.807) is 0 Å². The zero-order chi connectivity index (χ0) is 12.1. The van der Waals surface area contributed by atoms with Gasteiger partial charge in [0.2, 0.25) is 5.91 Å². The standard InChI is InChI=1S/C12H26N2O.ClH/c1-9(2)6-10(8-13)14-11(15)7-12(3,4)5;/h9-10H,6-8,13H2,1-5H3,(H,14,15);1H. The van der Waals surface area contributed by atoms with Crippen molar-refractivity contribution in [1.29, 1.82) is 0 Å². The Labute approximate surface area is 106 Å². The van der Waals surface area contributed by atoms with Crippen molar-refractivity contribution in [1.82, 2.24) is 5.32 Å². The third-order valence-corrected chi connectivity index (χ3v) is 2.10. The molecule has 16 heavy (non-hydrogen) atoms. The van der Waals surface area contributed by atoms with E-state index in [0.29, 0.717) is 18.9 Å². The molecule has 0 aliphatic carbocycles. The SMILES string of the molecule is CC(C)CC(CN)NC(=O)CC(C)(C)C.Cl. The van der Waals surface area contributed by atoms with Gasteiger partial charge in [-0.3, -0.25) is 4.79 Å². The van der Waals surface area contributed by atoms with Gasteiger partial charge in [0.25, 0.3) is 0 Å². The van der Waals surface area contributed by atoms with Crippen molar-refractivity contribution in [2.24, 2.45) is 17.1 Å². The molecule has 3 N–H and O–H groups in total. The van der Waals surface area contributed by atoms with Crippen LogP contribution in [0.3, 0.4) is 0 Å². The van der Waals surface area contributed by atoms with Crippen LogP contribution in [0.1, 0.15) is 47.5 Å². The maximum absolute atomic E-state index is 11.6. The van der Waals surface area contributed by atoms with Gasteiger partial charge in [0, 0.05) is 19.0 Å². The highest BCUT2D eigenvalue weighted by Crippen LogP contribution is 2.18. The van der Waals surface area contributed by atoms with Crippen LogP contribution in [-0.4, -0.2) is 18.5 Å². The van der Waals surface area contributed by atoms with E-state index >= 15 is 0 Å². The first-order chi connectivity index (χ1) is 6.74. The van der Waals surface area contributed by atoms with E-state index in [9.17, 15) is 4.79 Å². The van der Waals surface area contributed by atoms with Crippen LogP contribution in [0.4, 0.5) is 0 Å². The predicted octanol–water partition coefficient (Wildman–Crippen LogP) is 2.33. The van der Waals surface area contributed by atoms with E-state index in [-0.39, 0.29) is 29.8 Å². The lowest BCUT2D eigenvalue weighted by atomic mass is 9.91. The Hall–Kier alpha value is -0.280. The van der Waals surface area contributed by atoms with Crippen LogP contribution in [0.15, 0.2) is 0 Å². The van der Waals surface area contributed by atoms with E-state index in [2.05, 4.69) is 39.9 Å². The molecular formula is C12H27ClN2O. The van der Waals surface area contributed by atoms with Gasteiger partial charge in [-0.2, -0.15) is 0 Å². The van der Waals surface area contributed by atoms with Gasteiger partial charge in [0.05, 0.1) is 0 Å². The quantitative estimate of drug-likeness (QED) is 0.787. The van der Waals surface area contributed by atoms with Crippen molar-refractivity contribution in [3.05, 3.63) is 0 Å². The Morgan fingerprint density at radius 3 is 2.12 bits per heavy atom. The molecule has 4 heteroatoms. The van der Waals surface area contributed by atoms with E-state index in [1.165, 1.54) is 0 Å². The number of hydrogen-bond donors (Lipinski definition) is 2. The molecule has 0 saturated carbocycles. The summed E-state index contributed by atoms with van der Waals surface area (Å²) >= 11 is 0. The van der Waals surface area contributed by atoms with Crippen molar-refractivity contribution in [3.63, 3.8) is 0 Å². The molecule has 0 aliphatic heterocycles. The normalized spacial score (nSPS) is 13.2. The lowest BCUT2D eigenvalue weighted by Gasteiger charge is -2.22. The Kier molecular flexibility index (Phi) is 8.94. The smallest absolute Gasteiger partial charge is 0.220 e. The van der Waals surface area contributed by atoms with E-state index in [4.69, 9.17) is 5.73 Å². The fourth-order valence-electron chi connectivity index (χ4n) is 1.54. The summed E-state index contributed by atoms with van der Waals surface area (Å²) in [7, 11) is 0. The highest BCUT2D eigenvalue weighted by molar-refractivity contribution is 5.85. The first-order valence-corrected chi connectivity index (χ1v) is 5.74. The number of amides is 1. The van der Waals surface area contributed by atoms with E-state index in [1.807, 2.05) is 0 Å². The molecule has 0 saturated heterocycles. The predicted molar refractivity (Wildman–Crippen MR) is 71.8 cm³/mol. The monoisotopic (exact) mass is 250 g/mol. The molecule has 98 valence electrons. The maximum Gasteiger partial charge on any atom is 0.220 e. The average Bonchev–Trinajstić information content (AvgIpc) is 1.98. The van der Waals surface area contributed by atoms with Crippen LogP contribution in [0.2, 0.25) is 0 Å². The second-order valence-electron chi connectivity index (χ2n) is 5.87. The molecule has 0 fully saturated rings.